The third-order valence-electron chi connectivity index (χ3n) is 10.0. The molecule has 0 amide bonds. The minimum absolute atomic E-state index is 0.912. The van der Waals surface area contributed by atoms with Gasteiger partial charge in [0, 0.05) is 10.8 Å². The molecule has 0 saturated carbocycles. The monoisotopic (exact) mass is 622 g/mol. The second kappa shape index (κ2) is 11.1. The van der Waals surface area contributed by atoms with Crippen molar-refractivity contribution >= 4 is 54.3 Å². The Balaban J connectivity index is 1.32. The number of hydrogen-bond acceptors (Lipinski definition) is 1. The SMILES string of the molecule is c1ccc(-c2cc(-c3ccccc3)cc(-c3c4ccccc4c(-c4cc5oc6ccccc6c5c5ccccc45)c4ccccc34)c2)cc1. The van der Waals surface area contributed by atoms with Gasteiger partial charge in [-0.3, -0.25) is 0 Å². The summed E-state index contributed by atoms with van der Waals surface area (Å²) in [7, 11) is 0. The summed E-state index contributed by atoms with van der Waals surface area (Å²) < 4.78 is 6.55. The molecular weight excluding hydrogens is 593 g/mol. The Kier molecular flexibility index (Phi) is 6.25. The fraction of sp³-hybridized carbons (Fsp3) is 0. The summed E-state index contributed by atoms with van der Waals surface area (Å²) >= 11 is 0. The van der Waals surface area contributed by atoms with Gasteiger partial charge in [-0.25, -0.2) is 0 Å². The van der Waals surface area contributed by atoms with Gasteiger partial charge in [-0.05, 0) is 107 Å². The van der Waals surface area contributed by atoms with Crippen molar-refractivity contribution in [3.63, 3.8) is 0 Å². The van der Waals surface area contributed by atoms with E-state index in [0.717, 1.165) is 16.6 Å². The Labute approximate surface area is 284 Å². The van der Waals surface area contributed by atoms with Gasteiger partial charge in [0.05, 0.1) is 0 Å². The van der Waals surface area contributed by atoms with Gasteiger partial charge in [-0.1, -0.05) is 152 Å². The smallest absolute Gasteiger partial charge is 0.136 e. The van der Waals surface area contributed by atoms with Crippen LogP contribution in [0.1, 0.15) is 0 Å². The average molecular weight is 623 g/mol. The number of rotatable bonds is 4. The van der Waals surface area contributed by atoms with Crippen molar-refractivity contribution in [3.05, 3.63) is 182 Å². The van der Waals surface area contributed by atoms with Crippen molar-refractivity contribution in [3.8, 4) is 44.5 Å². The predicted molar refractivity (Wildman–Crippen MR) is 208 cm³/mol. The maximum Gasteiger partial charge on any atom is 0.136 e. The lowest BCUT2D eigenvalue weighted by atomic mass is 9.83. The van der Waals surface area contributed by atoms with Gasteiger partial charge in [0.15, 0.2) is 0 Å². The number of furan rings is 1. The van der Waals surface area contributed by atoms with Gasteiger partial charge in [0.25, 0.3) is 0 Å². The normalized spacial score (nSPS) is 11.7. The van der Waals surface area contributed by atoms with Crippen molar-refractivity contribution < 1.29 is 4.42 Å². The zero-order valence-electron chi connectivity index (χ0n) is 26.7. The fourth-order valence-electron chi connectivity index (χ4n) is 7.89. The Hall–Kier alpha value is -6.44. The molecule has 1 nitrogen and oxygen atoms in total. The second-order valence-electron chi connectivity index (χ2n) is 12.8. The molecule has 0 N–H and O–H groups in total. The predicted octanol–water partition coefficient (Wildman–Crippen LogP) is 13.7. The molecular formula is C48H30O. The molecule has 0 saturated heterocycles. The maximum absolute atomic E-state index is 6.55. The van der Waals surface area contributed by atoms with Crippen LogP contribution < -0.4 is 0 Å². The molecule has 0 aliphatic carbocycles. The van der Waals surface area contributed by atoms with Gasteiger partial charge >= 0.3 is 0 Å². The van der Waals surface area contributed by atoms with E-state index in [4.69, 9.17) is 4.42 Å². The average Bonchev–Trinajstić information content (AvgIpc) is 3.56. The Morgan fingerprint density at radius 3 is 1.27 bits per heavy atom. The maximum atomic E-state index is 6.55. The highest BCUT2D eigenvalue weighted by molar-refractivity contribution is 6.28. The minimum Gasteiger partial charge on any atom is -0.456 e. The lowest BCUT2D eigenvalue weighted by Crippen LogP contribution is -1.93. The summed E-state index contributed by atoms with van der Waals surface area (Å²) in [5.74, 6) is 0. The van der Waals surface area contributed by atoms with E-state index < -0.39 is 0 Å². The highest BCUT2D eigenvalue weighted by Gasteiger charge is 2.21. The van der Waals surface area contributed by atoms with Crippen molar-refractivity contribution in [2.24, 2.45) is 0 Å². The van der Waals surface area contributed by atoms with Crippen LogP contribution in [0.15, 0.2) is 186 Å². The quantitative estimate of drug-likeness (QED) is 0.178. The van der Waals surface area contributed by atoms with Crippen molar-refractivity contribution in [1.29, 1.82) is 0 Å². The molecule has 1 aromatic heterocycles. The summed E-state index contributed by atoms with van der Waals surface area (Å²) in [6.45, 7) is 0. The van der Waals surface area contributed by atoms with E-state index in [1.807, 2.05) is 6.07 Å². The number of hydrogen-bond donors (Lipinski definition) is 0. The zero-order valence-corrected chi connectivity index (χ0v) is 26.7. The molecule has 10 aromatic rings. The number of fused-ring (bicyclic) bond motifs is 7. The van der Waals surface area contributed by atoms with E-state index in [2.05, 4.69) is 176 Å². The van der Waals surface area contributed by atoms with Crippen molar-refractivity contribution in [1.82, 2.24) is 0 Å². The van der Waals surface area contributed by atoms with Gasteiger partial charge in [0.2, 0.25) is 0 Å². The highest BCUT2D eigenvalue weighted by atomic mass is 16.3. The Morgan fingerprint density at radius 1 is 0.265 bits per heavy atom. The summed E-state index contributed by atoms with van der Waals surface area (Å²) in [6.07, 6.45) is 0. The fourth-order valence-corrected chi connectivity index (χ4v) is 7.89. The van der Waals surface area contributed by atoms with E-state index in [1.165, 1.54) is 82.2 Å². The third kappa shape index (κ3) is 4.40. The molecule has 0 spiro atoms. The molecule has 1 heteroatoms. The van der Waals surface area contributed by atoms with E-state index in [0.29, 0.717) is 0 Å². The molecule has 9 aromatic carbocycles. The van der Waals surface area contributed by atoms with Crippen LogP contribution in [0.5, 0.6) is 0 Å². The molecule has 0 atom stereocenters. The molecule has 0 aliphatic heterocycles. The lowest BCUT2D eigenvalue weighted by Gasteiger charge is -2.20. The first kappa shape index (κ1) is 27.7. The van der Waals surface area contributed by atoms with Crippen molar-refractivity contribution in [2.45, 2.75) is 0 Å². The van der Waals surface area contributed by atoms with E-state index >= 15 is 0 Å². The first-order chi connectivity index (χ1) is 24.3. The second-order valence-corrected chi connectivity index (χ2v) is 12.8. The van der Waals surface area contributed by atoms with E-state index in [1.54, 1.807) is 0 Å². The molecule has 1 heterocycles. The van der Waals surface area contributed by atoms with E-state index in [-0.39, 0.29) is 0 Å². The molecule has 0 fully saturated rings. The first-order valence-corrected chi connectivity index (χ1v) is 16.8. The van der Waals surface area contributed by atoms with Crippen LogP contribution in [0.2, 0.25) is 0 Å². The number of benzene rings is 9. The third-order valence-corrected chi connectivity index (χ3v) is 10.0. The van der Waals surface area contributed by atoms with Gasteiger partial charge in [-0.15, -0.1) is 0 Å². The summed E-state index contributed by atoms with van der Waals surface area (Å²) in [5.41, 5.74) is 11.5. The molecule has 0 aliphatic rings. The van der Waals surface area contributed by atoms with Crippen LogP contribution in [0.25, 0.3) is 98.8 Å². The van der Waals surface area contributed by atoms with Gasteiger partial charge < -0.3 is 4.42 Å². The van der Waals surface area contributed by atoms with Crippen LogP contribution >= 0.6 is 0 Å². The van der Waals surface area contributed by atoms with Crippen molar-refractivity contribution in [2.75, 3.05) is 0 Å². The highest BCUT2D eigenvalue weighted by Crippen LogP contribution is 2.48. The molecule has 0 unspecified atom stereocenters. The molecule has 0 radical (unpaired) electrons. The van der Waals surface area contributed by atoms with Crippen LogP contribution in [0.4, 0.5) is 0 Å². The summed E-state index contributed by atoms with van der Waals surface area (Å²) in [5, 5.41) is 9.67. The lowest BCUT2D eigenvalue weighted by molar-refractivity contribution is 0.669. The molecule has 10 rings (SSSR count). The largest absolute Gasteiger partial charge is 0.456 e. The van der Waals surface area contributed by atoms with E-state index in [9.17, 15) is 0 Å². The molecule has 228 valence electrons. The van der Waals surface area contributed by atoms with Crippen LogP contribution in [-0.2, 0) is 0 Å². The zero-order chi connectivity index (χ0) is 32.3. The van der Waals surface area contributed by atoms with Crippen LogP contribution in [0.3, 0.4) is 0 Å². The van der Waals surface area contributed by atoms with Crippen LogP contribution in [0, 0.1) is 0 Å². The summed E-state index contributed by atoms with van der Waals surface area (Å²) in [4.78, 5) is 0. The van der Waals surface area contributed by atoms with Crippen LogP contribution in [-0.4, -0.2) is 0 Å². The number of para-hydroxylation sites is 1. The van der Waals surface area contributed by atoms with Gasteiger partial charge in [0.1, 0.15) is 11.2 Å². The molecule has 0 bridgehead atoms. The minimum atomic E-state index is 0.912. The first-order valence-electron chi connectivity index (χ1n) is 16.8. The molecule has 49 heavy (non-hydrogen) atoms. The van der Waals surface area contributed by atoms with Gasteiger partial charge in [-0.2, -0.15) is 0 Å². The topological polar surface area (TPSA) is 13.1 Å². The Morgan fingerprint density at radius 2 is 0.694 bits per heavy atom. The Bertz CT molecular complexity index is 2750. The summed E-state index contributed by atoms with van der Waals surface area (Å²) in [6, 6.07) is 65.8. The standard InChI is InChI=1S/C48H30O/c1-3-15-31(16-4-1)33-27-34(32-17-5-2-6-18-32)29-35(28-33)46-38-21-9-11-23-40(38)47(41-24-12-10-22-39(41)46)43-30-45-48(37-20-8-7-19-36(37)43)42-25-13-14-26-44(42)49-45/h1-30H.